The highest BCUT2D eigenvalue weighted by atomic mass is 16.4. The lowest BCUT2D eigenvalue weighted by atomic mass is 9.84. The van der Waals surface area contributed by atoms with Crippen molar-refractivity contribution in [2.45, 2.75) is 63.6 Å². The monoisotopic (exact) mass is 396 g/mol. The number of fused-ring (bicyclic) bond motifs is 1. The van der Waals surface area contributed by atoms with Gasteiger partial charge in [0.1, 0.15) is 0 Å². The summed E-state index contributed by atoms with van der Waals surface area (Å²) in [5.41, 5.74) is 2.58. The second-order valence-electron chi connectivity index (χ2n) is 9.22. The minimum absolute atomic E-state index is 0.106. The summed E-state index contributed by atoms with van der Waals surface area (Å²) in [5, 5.41) is 30.3. The second-order valence-corrected chi connectivity index (χ2v) is 9.22. The van der Waals surface area contributed by atoms with Crippen LogP contribution in [-0.2, 0) is 0 Å². The quantitative estimate of drug-likeness (QED) is 0.632. The molecule has 3 saturated carbocycles. The molecule has 0 radical (unpaired) electrons. The van der Waals surface area contributed by atoms with Crippen molar-refractivity contribution in [1.29, 1.82) is 0 Å². The molecule has 0 spiro atoms. The van der Waals surface area contributed by atoms with E-state index in [1.54, 1.807) is 18.2 Å². The summed E-state index contributed by atoms with van der Waals surface area (Å²) in [7, 11) is 0. The van der Waals surface area contributed by atoms with Crippen molar-refractivity contribution < 1.29 is 20.1 Å². The Hall–Kier alpha value is -1.91. The molecular weight excluding hydrogens is 364 g/mol. The summed E-state index contributed by atoms with van der Waals surface area (Å²) >= 11 is 0. The minimum Gasteiger partial charge on any atom is -0.478 e. The standard InChI is InChI=1S/C25H32O4/c26-23(18-6-2-1-3-7-18)10-9-21-22-14-17(13-20(22)15-24(21)27)11-16-5-4-8-19(12-16)25(28)29/h4-5,8-12,18,20-24,26-27H,1-3,6-7,13-15H2,(H,28,29)/t20-,21+,22-,23+,24+/m0/s1. The van der Waals surface area contributed by atoms with Crippen LogP contribution in [0.3, 0.4) is 0 Å². The van der Waals surface area contributed by atoms with Gasteiger partial charge in [-0.2, -0.15) is 0 Å². The number of aliphatic hydroxyl groups excluding tert-OH is 2. The molecule has 0 saturated heterocycles. The van der Waals surface area contributed by atoms with Gasteiger partial charge in [0, 0.05) is 5.92 Å². The molecule has 4 rings (SSSR count). The Morgan fingerprint density at radius 2 is 1.93 bits per heavy atom. The van der Waals surface area contributed by atoms with Crippen molar-refractivity contribution in [3.05, 3.63) is 53.1 Å². The molecule has 1 aromatic rings. The first-order valence-corrected chi connectivity index (χ1v) is 11.1. The molecule has 0 bridgehead atoms. The zero-order chi connectivity index (χ0) is 20.4. The van der Waals surface area contributed by atoms with E-state index < -0.39 is 12.1 Å². The number of carbonyl (C=O) groups is 1. The average molecular weight is 397 g/mol. The summed E-state index contributed by atoms with van der Waals surface area (Å²) in [6.45, 7) is 0. The fourth-order valence-corrected chi connectivity index (χ4v) is 5.76. The molecule has 3 aliphatic carbocycles. The predicted octanol–water partition coefficient (Wildman–Crippen LogP) is 4.67. The summed E-state index contributed by atoms with van der Waals surface area (Å²) in [4.78, 5) is 11.2. The van der Waals surface area contributed by atoms with Gasteiger partial charge in [-0.3, -0.25) is 0 Å². The van der Waals surface area contributed by atoms with Gasteiger partial charge in [-0.1, -0.05) is 55.2 Å². The Morgan fingerprint density at radius 1 is 1.14 bits per heavy atom. The number of aliphatic hydroxyl groups is 2. The van der Waals surface area contributed by atoms with Crippen LogP contribution < -0.4 is 0 Å². The molecule has 4 heteroatoms. The van der Waals surface area contributed by atoms with Crippen LogP contribution in [0.25, 0.3) is 6.08 Å². The molecule has 4 nitrogen and oxygen atoms in total. The van der Waals surface area contributed by atoms with Crippen LogP contribution in [0.1, 0.15) is 67.3 Å². The second kappa shape index (κ2) is 8.85. The van der Waals surface area contributed by atoms with E-state index in [9.17, 15) is 20.1 Å². The average Bonchev–Trinajstić information content (AvgIpc) is 3.23. The van der Waals surface area contributed by atoms with Crippen LogP contribution in [0, 0.1) is 23.7 Å². The van der Waals surface area contributed by atoms with Crippen LogP contribution >= 0.6 is 0 Å². The number of carboxylic acid groups (broad SMARTS) is 1. The predicted molar refractivity (Wildman–Crippen MR) is 113 cm³/mol. The first-order chi connectivity index (χ1) is 14.0. The number of allylic oxidation sites excluding steroid dienone is 1. The van der Waals surface area contributed by atoms with Crippen molar-refractivity contribution in [2.24, 2.45) is 23.7 Å². The largest absolute Gasteiger partial charge is 0.478 e. The van der Waals surface area contributed by atoms with Crippen LogP contribution in [-0.4, -0.2) is 33.5 Å². The van der Waals surface area contributed by atoms with E-state index in [4.69, 9.17) is 0 Å². The maximum atomic E-state index is 11.2. The molecule has 0 aliphatic heterocycles. The fourth-order valence-electron chi connectivity index (χ4n) is 5.76. The van der Waals surface area contributed by atoms with Gasteiger partial charge in [0.05, 0.1) is 17.8 Å². The molecule has 156 valence electrons. The van der Waals surface area contributed by atoms with Crippen LogP contribution in [0.15, 0.2) is 42.0 Å². The van der Waals surface area contributed by atoms with Crippen molar-refractivity contribution in [2.75, 3.05) is 0 Å². The van der Waals surface area contributed by atoms with Gasteiger partial charge in [-0.25, -0.2) is 4.79 Å². The van der Waals surface area contributed by atoms with Gasteiger partial charge in [0.15, 0.2) is 0 Å². The number of carboxylic acids is 1. The lowest BCUT2D eigenvalue weighted by Gasteiger charge is -2.25. The number of hydrogen-bond acceptors (Lipinski definition) is 3. The van der Waals surface area contributed by atoms with E-state index in [0.29, 0.717) is 23.3 Å². The lowest BCUT2D eigenvalue weighted by Crippen LogP contribution is -2.22. The third-order valence-corrected chi connectivity index (χ3v) is 7.28. The van der Waals surface area contributed by atoms with Crippen LogP contribution in [0.5, 0.6) is 0 Å². The first-order valence-electron chi connectivity index (χ1n) is 11.1. The van der Waals surface area contributed by atoms with E-state index >= 15 is 0 Å². The molecule has 0 aromatic heterocycles. The molecule has 0 amide bonds. The molecule has 3 N–H and O–H groups in total. The van der Waals surface area contributed by atoms with Gasteiger partial charge in [0.25, 0.3) is 0 Å². The summed E-state index contributed by atoms with van der Waals surface area (Å²) in [6.07, 6.45) is 14.1. The van der Waals surface area contributed by atoms with E-state index in [-0.39, 0.29) is 12.0 Å². The molecule has 29 heavy (non-hydrogen) atoms. The smallest absolute Gasteiger partial charge is 0.335 e. The summed E-state index contributed by atoms with van der Waals surface area (Å²) in [5.74, 6) is 0.455. The topological polar surface area (TPSA) is 77.8 Å². The van der Waals surface area contributed by atoms with E-state index in [1.165, 1.54) is 24.8 Å². The van der Waals surface area contributed by atoms with Gasteiger partial charge in [0.2, 0.25) is 0 Å². The molecular formula is C25H32O4. The van der Waals surface area contributed by atoms with E-state index in [2.05, 4.69) is 12.2 Å². The highest BCUT2D eigenvalue weighted by Crippen LogP contribution is 2.50. The highest BCUT2D eigenvalue weighted by molar-refractivity contribution is 5.88. The molecule has 0 unspecified atom stereocenters. The molecule has 3 fully saturated rings. The van der Waals surface area contributed by atoms with Gasteiger partial charge < -0.3 is 15.3 Å². The first kappa shape index (κ1) is 20.4. The minimum atomic E-state index is -0.904. The van der Waals surface area contributed by atoms with E-state index in [0.717, 1.165) is 37.7 Å². The Bertz CT molecular complexity index is 790. The Labute approximate surface area is 173 Å². The highest BCUT2D eigenvalue weighted by Gasteiger charge is 2.45. The van der Waals surface area contributed by atoms with Crippen molar-refractivity contribution in [1.82, 2.24) is 0 Å². The van der Waals surface area contributed by atoms with Gasteiger partial charge >= 0.3 is 5.97 Å². The zero-order valence-corrected chi connectivity index (χ0v) is 16.9. The summed E-state index contributed by atoms with van der Waals surface area (Å²) in [6, 6.07) is 7.06. The van der Waals surface area contributed by atoms with Crippen molar-refractivity contribution >= 4 is 12.0 Å². The van der Waals surface area contributed by atoms with Crippen molar-refractivity contribution in [3.63, 3.8) is 0 Å². The molecule has 3 aliphatic rings. The normalized spacial score (nSPS) is 32.7. The van der Waals surface area contributed by atoms with Gasteiger partial charge in [-0.05, 0) is 67.6 Å². The fraction of sp³-hybridized carbons (Fsp3) is 0.560. The number of hydrogen-bond donors (Lipinski definition) is 3. The van der Waals surface area contributed by atoms with Crippen LogP contribution in [0.2, 0.25) is 0 Å². The number of aromatic carboxylic acids is 1. The van der Waals surface area contributed by atoms with Crippen molar-refractivity contribution in [3.8, 4) is 0 Å². The lowest BCUT2D eigenvalue weighted by molar-refractivity contribution is 0.0696. The third-order valence-electron chi connectivity index (χ3n) is 7.28. The number of rotatable bonds is 5. The summed E-state index contributed by atoms with van der Waals surface area (Å²) < 4.78 is 0. The van der Waals surface area contributed by atoms with Crippen LogP contribution in [0.4, 0.5) is 0 Å². The van der Waals surface area contributed by atoms with E-state index in [1.807, 2.05) is 12.1 Å². The maximum Gasteiger partial charge on any atom is 0.335 e. The Morgan fingerprint density at radius 3 is 2.69 bits per heavy atom. The molecule has 0 heterocycles. The Balaban J connectivity index is 1.43. The maximum absolute atomic E-state index is 11.2. The molecule has 5 atom stereocenters. The Kier molecular flexibility index (Phi) is 6.21. The zero-order valence-electron chi connectivity index (χ0n) is 16.9. The number of benzene rings is 1. The third kappa shape index (κ3) is 4.65. The van der Waals surface area contributed by atoms with Gasteiger partial charge in [-0.15, -0.1) is 0 Å². The molecule has 1 aromatic carbocycles. The SMILES string of the molecule is O=C(O)c1cccc(C=C2C[C@H]3C[C@@H](O)[C@H](C=C[C@@H](O)C4CCCCC4)[C@H]3C2)c1.